The van der Waals surface area contributed by atoms with Gasteiger partial charge in [-0.25, -0.2) is 9.50 Å². The van der Waals surface area contributed by atoms with Crippen molar-refractivity contribution >= 4 is 11.6 Å². The van der Waals surface area contributed by atoms with Crippen LogP contribution in [0.3, 0.4) is 0 Å². The lowest BCUT2D eigenvalue weighted by Crippen LogP contribution is -2.38. The first kappa shape index (κ1) is 20.4. The van der Waals surface area contributed by atoms with E-state index in [1.807, 2.05) is 80.6 Å². The number of carbonyl (C=O) groups is 1. The number of rotatable bonds is 5. The predicted molar refractivity (Wildman–Crippen MR) is 120 cm³/mol. The number of aromatic nitrogens is 3. The van der Waals surface area contributed by atoms with E-state index in [1.165, 1.54) is 0 Å². The summed E-state index contributed by atoms with van der Waals surface area (Å²) in [5, 5.41) is 4.53. The summed E-state index contributed by atoms with van der Waals surface area (Å²) in [5.74, 6) is 6.01. The molecule has 4 aromatic rings. The molecule has 2 aromatic carbocycles. The zero-order chi connectivity index (χ0) is 21.7. The van der Waals surface area contributed by atoms with Gasteiger partial charge in [-0.15, -0.1) is 0 Å². The van der Waals surface area contributed by atoms with E-state index >= 15 is 0 Å². The van der Waals surface area contributed by atoms with Crippen molar-refractivity contribution < 1.29 is 9.53 Å². The highest BCUT2D eigenvalue weighted by Gasteiger charge is 2.39. The molecule has 0 aliphatic carbocycles. The molecule has 0 spiro atoms. The molecule has 0 fully saturated rings. The molecule has 0 aliphatic rings. The molecule has 0 N–H and O–H groups in total. The molecule has 0 saturated carbocycles. The Balaban J connectivity index is 1.80. The number of carbonyl (C=O) groups excluding carboxylic acids is 1. The van der Waals surface area contributed by atoms with Crippen molar-refractivity contribution in [3.8, 4) is 11.8 Å². The third kappa shape index (κ3) is 4.19. The van der Waals surface area contributed by atoms with Crippen LogP contribution < -0.4 is 0 Å². The van der Waals surface area contributed by atoms with Crippen LogP contribution in [0, 0.1) is 11.8 Å². The summed E-state index contributed by atoms with van der Waals surface area (Å²) in [7, 11) is 0. The molecule has 0 saturated heterocycles. The quantitative estimate of drug-likeness (QED) is 0.366. The summed E-state index contributed by atoms with van der Waals surface area (Å²) >= 11 is 0. The van der Waals surface area contributed by atoms with Crippen LogP contribution in [0.4, 0.5) is 0 Å². The highest BCUT2D eigenvalue weighted by Crippen LogP contribution is 2.30. The largest absolute Gasteiger partial charge is 0.465 e. The van der Waals surface area contributed by atoms with Crippen molar-refractivity contribution in [3.63, 3.8) is 0 Å². The van der Waals surface area contributed by atoms with E-state index in [1.54, 1.807) is 16.9 Å². The fourth-order valence-corrected chi connectivity index (χ4v) is 3.62. The van der Waals surface area contributed by atoms with Crippen LogP contribution in [0.5, 0.6) is 0 Å². The Morgan fingerprint density at radius 1 is 1.03 bits per heavy atom. The molecule has 2 aromatic heterocycles. The topological polar surface area (TPSA) is 56.5 Å². The minimum atomic E-state index is -0.936. The second-order valence-electron chi connectivity index (χ2n) is 7.45. The Bertz CT molecular complexity index is 1250. The minimum absolute atomic E-state index is 0.293. The lowest BCUT2D eigenvalue weighted by molar-refractivity contribution is -0.149. The summed E-state index contributed by atoms with van der Waals surface area (Å²) in [6, 6.07) is 21.5. The Labute approximate surface area is 181 Å². The van der Waals surface area contributed by atoms with Gasteiger partial charge in [-0.3, -0.25) is 4.79 Å². The number of nitrogens with zero attached hydrogens (tertiary/aromatic N) is 3. The van der Waals surface area contributed by atoms with Crippen molar-refractivity contribution in [3.05, 3.63) is 102 Å². The molecule has 154 valence electrons. The summed E-state index contributed by atoms with van der Waals surface area (Å²) in [6.45, 7) is 4.02. The fourth-order valence-electron chi connectivity index (χ4n) is 3.62. The van der Waals surface area contributed by atoms with Gasteiger partial charge < -0.3 is 4.74 Å². The Morgan fingerprint density at radius 2 is 1.74 bits per heavy atom. The van der Waals surface area contributed by atoms with Gasteiger partial charge >= 0.3 is 5.97 Å². The Kier molecular flexibility index (Phi) is 5.81. The molecular formula is C26H23N3O2. The molecule has 0 radical (unpaired) electrons. The number of hydrogen-bond donors (Lipinski definition) is 0. The number of esters is 1. The summed E-state index contributed by atoms with van der Waals surface area (Å²) in [4.78, 5) is 17.6. The second kappa shape index (κ2) is 8.85. The zero-order valence-electron chi connectivity index (χ0n) is 17.6. The van der Waals surface area contributed by atoms with E-state index in [2.05, 4.69) is 21.9 Å². The molecule has 5 nitrogen and oxygen atoms in total. The zero-order valence-corrected chi connectivity index (χ0v) is 17.6. The van der Waals surface area contributed by atoms with Crippen molar-refractivity contribution in [2.75, 3.05) is 6.61 Å². The van der Waals surface area contributed by atoms with Gasteiger partial charge in [0.15, 0.2) is 5.65 Å². The number of fused-ring (bicyclic) bond motifs is 1. The molecule has 5 heteroatoms. The Hall–Kier alpha value is -3.91. The van der Waals surface area contributed by atoms with E-state index in [4.69, 9.17) is 4.74 Å². The third-order valence-corrected chi connectivity index (χ3v) is 5.21. The van der Waals surface area contributed by atoms with Crippen molar-refractivity contribution in [1.29, 1.82) is 0 Å². The van der Waals surface area contributed by atoms with E-state index in [0.29, 0.717) is 29.9 Å². The van der Waals surface area contributed by atoms with Gasteiger partial charge in [-0.2, -0.15) is 5.10 Å². The average molecular weight is 409 g/mol. The number of hydrogen-bond acceptors (Lipinski definition) is 4. The first-order chi connectivity index (χ1) is 15.1. The SMILES string of the molecule is CCOC(=O)C(C)(Cc1ccccc1)c1ccnc2c(C#Cc3ccccc3)cnn12. The first-order valence-electron chi connectivity index (χ1n) is 10.2. The van der Waals surface area contributed by atoms with Gasteiger partial charge in [0.05, 0.1) is 24.1 Å². The van der Waals surface area contributed by atoms with Crippen molar-refractivity contribution in [2.24, 2.45) is 0 Å². The van der Waals surface area contributed by atoms with Gasteiger partial charge in [-0.1, -0.05) is 60.4 Å². The van der Waals surface area contributed by atoms with Gasteiger partial charge in [0.2, 0.25) is 0 Å². The molecule has 1 unspecified atom stereocenters. The van der Waals surface area contributed by atoms with Gasteiger partial charge in [0.25, 0.3) is 0 Å². The van der Waals surface area contributed by atoms with Crippen LogP contribution in [-0.4, -0.2) is 27.2 Å². The maximum atomic E-state index is 13.1. The maximum absolute atomic E-state index is 13.1. The highest BCUT2D eigenvalue weighted by atomic mass is 16.5. The third-order valence-electron chi connectivity index (χ3n) is 5.21. The number of ether oxygens (including phenoxy) is 1. The van der Waals surface area contributed by atoms with Crippen LogP contribution >= 0.6 is 0 Å². The van der Waals surface area contributed by atoms with Gasteiger partial charge in [0, 0.05) is 11.8 Å². The van der Waals surface area contributed by atoms with E-state index in [-0.39, 0.29) is 5.97 Å². The standard InChI is InChI=1S/C26H23N3O2/c1-3-31-25(30)26(2,18-21-12-8-5-9-13-21)23-16-17-27-24-22(19-28-29(23)24)15-14-20-10-6-4-7-11-20/h4-13,16-17,19H,3,18H2,1-2H3. The minimum Gasteiger partial charge on any atom is -0.465 e. The normalized spacial score (nSPS) is 12.6. The predicted octanol–water partition coefficient (Wildman–Crippen LogP) is 4.19. The smallest absolute Gasteiger partial charge is 0.318 e. The monoisotopic (exact) mass is 409 g/mol. The fraction of sp³-hybridized carbons (Fsp3) is 0.192. The van der Waals surface area contributed by atoms with Crippen LogP contribution in [0.25, 0.3) is 5.65 Å². The highest BCUT2D eigenvalue weighted by molar-refractivity contribution is 5.83. The average Bonchev–Trinajstić information content (AvgIpc) is 3.22. The van der Waals surface area contributed by atoms with Crippen LogP contribution in [-0.2, 0) is 21.4 Å². The van der Waals surface area contributed by atoms with Crippen LogP contribution in [0.1, 0.15) is 36.2 Å². The van der Waals surface area contributed by atoms with Crippen molar-refractivity contribution in [1.82, 2.24) is 14.6 Å². The Morgan fingerprint density at radius 3 is 2.45 bits per heavy atom. The maximum Gasteiger partial charge on any atom is 0.318 e. The van der Waals surface area contributed by atoms with Gasteiger partial charge in [-0.05, 0) is 44.0 Å². The number of benzene rings is 2. The van der Waals surface area contributed by atoms with Crippen molar-refractivity contribution in [2.45, 2.75) is 25.7 Å². The van der Waals surface area contributed by atoms with E-state index < -0.39 is 5.41 Å². The van der Waals surface area contributed by atoms with Crippen LogP contribution in [0.2, 0.25) is 0 Å². The lowest BCUT2D eigenvalue weighted by Gasteiger charge is -2.28. The molecule has 0 bridgehead atoms. The molecule has 1 atom stereocenters. The molecule has 4 rings (SSSR count). The molecule has 0 amide bonds. The lowest BCUT2D eigenvalue weighted by atomic mass is 9.80. The summed E-state index contributed by atoms with van der Waals surface area (Å²) < 4.78 is 7.17. The summed E-state index contributed by atoms with van der Waals surface area (Å²) in [6.07, 6.45) is 3.87. The summed E-state index contributed by atoms with van der Waals surface area (Å²) in [5.41, 5.74) is 3.06. The van der Waals surface area contributed by atoms with Crippen LogP contribution in [0.15, 0.2) is 79.1 Å². The first-order valence-corrected chi connectivity index (χ1v) is 10.2. The van der Waals surface area contributed by atoms with Gasteiger partial charge in [0.1, 0.15) is 5.41 Å². The molecule has 0 aliphatic heterocycles. The van der Waals surface area contributed by atoms with E-state index in [9.17, 15) is 4.79 Å². The molecule has 31 heavy (non-hydrogen) atoms. The second-order valence-corrected chi connectivity index (χ2v) is 7.45. The van der Waals surface area contributed by atoms with E-state index in [0.717, 1.165) is 11.1 Å². The molecule has 2 heterocycles. The molecular weight excluding hydrogens is 386 g/mol.